The summed E-state index contributed by atoms with van der Waals surface area (Å²) in [6.07, 6.45) is 0.407. The van der Waals surface area contributed by atoms with Gasteiger partial charge in [0.2, 0.25) is 5.91 Å². The van der Waals surface area contributed by atoms with Gasteiger partial charge >= 0.3 is 12.1 Å². The number of nitrogens with two attached hydrogens (primary N) is 1. The van der Waals surface area contributed by atoms with Crippen LogP contribution in [0, 0.1) is 0 Å². The Hall–Kier alpha value is -2.88. The number of rotatable bonds is 6. The summed E-state index contributed by atoms with van der Waals surface area (Å²) in [4.78, 5) is 34.9. The third-order valence-corrected chi connectivity index (χ3v) is 4.41. The molecule has 0 spiro atoms. The van der Waals surface area contributed by atoms with Crippen molar-refractivity contribution in [2.24, 2.45) is 5.73 Å². The SMILES string of the molecule is CC[C@@H](/C=C/C(=O)N1CCc2ccccc21)NC(=O)[C@@H](N)CC.O=C(O)C(F)(F)F. The van der Waals surface area contributed by atoms with Gasteiger partial charge in [-0.1, -0.05) is 38.1 Å². The fraction of sp³-hybridized carbons (Fsp3) is 0.450. The molecule has 0 bridgehead atoms. The molecule has 1 aliphatic rings. The second kappa shape index (κ2) is 11.3. The molecule has 0 saturated carbocycles. The molecule has 0 radical (unpaired) electrons. The Bertz CT molecular complexity index is 781. The normalized spacial score (nSPS) is 15.1. The number of para-hydroxylation sites is 1. The first kappa shape index (κ1) is 25.2. The van der Waals surface area contributed by atoms with Crippen molar-refractivity contribution in [3.63, 3.8) is 0 Å². The summed E-state index contributed by atoms with van der Waals surface area (Å²) in [7, 11) is 0. The summed E-state index contributed by atoms with van der Waals surface area (Å²) < 4.78 is 31.7. The van der Waals surface area contributed by atoms with Crippen LogP contribution in [0.15, 0.2) is 36.4 Å². The third kappa shape index (κ3) is 7.51. The molecule has 4 N–H and O–H groups in total. The second-order valence-electron chi connectivity index (χ2n) is 6.57. The van der Waals surface area contributed by atoms with E-state index in [4.69, 9.17) is 15.6 Å². The van der Waals surface area contributed by atoms with Crippen molar-refractivity contribution in [1.29, 1.82) is 0 Å². The largest absolute Gasteiger partial charge is 0.490 e. The molecule has 2 rings (SSSR count). The number of nitrogens with one attached hydrogen (secondary N) is 1. The lowest BCUT2D eigenvalue weighted by Gasteiger charge is -2.17. The van der Waals surface area contributed by atoms with Crippen LogP contribution < -0.4 is 16.0 Å². The molecule has 2 amide bonds. The highest BCUT2D eigenvalue weighted by molar-refractivity contribution is 6.03. The summed E-state index contributed by atoms with van der Waals surface area (Å²) in [5, 5.41) is 9.99. The molecule has 166 valence electrons. The van der Waals surface area contributed by atoms with Crippen LogP contribution in [0.1, 0.15) is 32.3 Å². The first-order valence-corrected chi connectivity index (χ1v) is 9.44. The molecule has 0 aliphatic carbocycles. The fourth-order valence-corrected chi connectivity index (χ4v) is 2.62. The van der Waals surface area contributed by atoms with Crippen LogP contribution in [0.2, 0.25) is 0 Å². The lowest BCUT2D eigenvalue weighted by atomic mass is 10.1. The van der Waals surface area contributed by atoms with Gasteiger partial charge in [-0.05, 0) is 30.9 Å². The van der Waals surface area contributed by atoms with Crippen molar-refractivity contribution in [3.8, 4) is 0 Å². The minimum Gasteiger partial charge on any atom is -0.475 e. The number of fused-ring (bicyclic) bond motifs is 1. The predicted molar refractivity (Wildman–Crippen MR) is 106 cm³/mol. The Balaban J connectivity index is 0.000000553. The van der Waals surface area contributed by atoms with E-state index >= 15 is 0 Å². The van der Waals surface area contributed by atoms with E-state index in [0.29, 0.717) is 19.4 Å². The molecule has 0 unspecified atom stereocenters. The molecule has 30 heavy (non-hydrogen) atoms. The van der Waals surface area contributed by atoms with Crippen molar-refractivity contribution >= 4 is 23.5 Å². The molecule has 1 aromatic rings. The smallest absolute Gasteiger partial charge is 0.475 e. The predicted octanol–water partition coefficient (Wildman–Crippen LogP) is 2.40. The first-order chi connectivity index (χ1) is 14.0. The van der Waals surface area contributed by atoms with Crippen LogP contribution >= 0.6 is 0 Å². The highest BCUT2D eigenvalue weighted by Gasteiger charge is 2.38. The van der Waals surface area contributed by atoms with Gasteiger partial charge in [-0.25, -0.2) is 4.79 Å². The lowest BCUT2D eigenvalue weighted by Crippen LogP contribution is -2.44. The molecule has 10 heteroatoms. The van der Waals surface area contributed by atoms with Gasteiger partial charge in [0.25, 0.3) is 5.91 Å². The topological polar surface area (TPSA) is 113 Å². The van der Waals surface area contributed by atoms with Gasteiger partial charge in [-0.15, -0.1) is 0 Å². The van der Waals surface area contributed by atoms with Gasteiger partial charge < -0.3 is 21.1 Å². The Morgan fingerprint density at radius 3 is 2.37 bits per heavy atom. The van der Waals surface area contributed by atoms with Crippen molar-refractivity contribution in [2.45, 2.75) is 51.4 Å². The van der Waals surface area contributed by atoms with E-state index in [-0.39, 0.29) is 17.9 Å². The Morgan fingerprint density at radius 2 is 1.83 bits per heavy atom. The number of carbonyl (C=O) groups is 3. The van der Waals surface area contributed by atoms with Crippen LogP contribution in [0.3, 0.4) is 0 Å². The van der Waals surface area contributed by atoms with Gasteiger partial charge in [0.15, 0.2) is 0 Å². The van der Waals surface area contributed by atoms with Crippen LogP contribution in [0.5, 0.6) is 0 Å². The number of carbonyl (C=O) groups excluding carboxylic acids is 2. The van der Waals surface area contributed by atoms with Crippen molar-refractivity contribution in [3.05, 3.63) is 42.0 Å². The van der Waals surface area contributed by atoms with Gasteiger partial charge in [-0.2, -0.15) is 13.2 Å². The van der Waals surface area contributed by atoms with E-state index in [9.17, 15) is 22.8 Å². The van der Waals surface area contributed by atoms with Crippen LogP contribution in [-0.4, -0.2) is 47.7 Å². The quantitative estimate of drug-likeness (QED) is 0.601. The molecule has 0 saturated heterocycles. The van der Waals surface area contributed by atoms with E-state index in [1.807, 2.05) is 38.1 Å². The van der Waals surface area contributed by atoms with Gasteiger partial charge in [-0.3, -0.25) is 9.59 Å². The summed E-state index contributed by atoms with van der Waals surface area (Å²) in [5.74, 6) is -2.99. The van der Waals surface area contributed by atoms with Crippen molar-refractivity contribution in [1.82, 2.24) is 5.32 Å². The number of anilines is 1. The zero-order chi connectivity index (χ0) is 22.9. The van der Waals surface area contributed by atoms with E-state index in [1.165, 1.54) is 5.56 Å². The zero-order valence-corrected chi connectivity index (χ0v) is 16.8. The molecule has 1 aromatic carbocycles. The molecular formula is C20H26F3N3O4. The monoisotopic (exact) mass is 429 g/mol. The molecule has 0 fully saturated rings. The summed E-state index contributed by atoms with van der Waals surface area (Å²) in [6, 6.07) is 7.26. The number of alkyl halides is 3. The van der Waals surface area contributed by atoms with E-state index in [2.05, 4.69) is 5.32 Å². The number of benzene rings is 1. The Labute approximate surface area is 172 Å². The van der Waals surface area contributed by atoms with E-state index < -0.39 is 18.2 Å². The molecule has 0 aromatic heterocycles. The number of carboxylic acids is 1. The van der Waals surface area contributed by atoms with Crippen LogP contribution in [0.25, 0.3) is 0 Å². The number of hydrogen-bond acceptors (Lipinski definition) is 4. The standard InChI is InChI=1S/C18H25N3O2.C2HF3O2/c1-3-14(20-18(23)15(19)4-2)9-10-17(22)21-12-11-13-7-5-6-8-16(13)21;3-2(4,5)1(6)7/h5-10,14-15H,3-4,11-12,19H2,1-2H3,(H,20,23);(H,6,7)/b10-9+;/t14-,15-;/m0./s1. The summed E-state index contributed by atoms with van der Waals surface area (Å²) >= 11 is 0. The number of aliphatic carboxylic acids is 1. The second-order valence-corrected chi connectivity index (χ2v) is 6.57. The molecule has 1 aliphatic heterocycles. The van der Waals surface area contributed by atoms with E-state index in [1.54, 1.807) is 17.1 Å². The number of amides is 2. The molecular weight excluding hydrogens is 403 g/mol. The summed E-state index contributed by atoms with van der Waals surface area (Å²) in [6.45, 7) is 4.53. The van der Waals surface area contributed by atoms with Gasteiger partial charge in [0.05, 0.1) is 6.04 Å². The number of hydrogen-bond donors (Lipinski definition) is 3. The Morgan fingerprint density at radius 1 is 1.23 bits per heavy atom. The lowest BCUT2D eigenvalue weighted by molar-refractivity contribution is -0.192. The number of nitrogens with zero attached hydrogens (tertiary/aromatic N) is 1. The molecule has 1 heterocycles. The maximum absolute atomic E-state index is 12.4. The minimum atomic E-state index is -5.08. The third-order valence-electron chi connectivity index (χ3n) is 4.41. The van der Waals surface area contributed by atoms with Crippen LogP contribution in [-0.2, 0) is 20.8 Å². The van der Waals surface area contributed by atoms with Crippen LogP contribution in [0.4, 0.5) is 18.9 Å². The maximum atomic E-state index is 12.4. The number of halogens is 3. The maximum Gasteiger partial charge on any atom is 0.490 e. The molecule has 2 atom stereocenters. The Kier molecular flexibility index (Phi) is 9.51. The summed E-state index contributed by atoms with van der Waals surface area (Å²) in [5.41, 5.74) is 7.89. The first-order valence-electron chi connectivity index (χ1n) is 9.44. The average molecular weight is 429 g/mol. The van der Waals surface area contributed by atoms with Crippen molar-refractivity contribution < 1.29 is 32.7 Å². The highest BCUT2D eigenvalue weighted by atomic mass is 19.4. The van der Waals surface area contributed by atoms with E-state index in [0.717, 1.165) is 12.1 Å². The average Bonchev–Trinajstić information content (AvgIpc) is 3.14. The fourth-order valence-electron chi connectivity index (χ4n) is 2.62. The van der Waals surface area contributed by atoms with Gasteiger partial charge in [0.1, 0.15) is 0 Å². The minimum absolute atomic E-state index is 0.0533. The van der Waals surface area contributed by atoms with Gasteiger partial charge in [0, 0.05) is 24.4 Å². The van der Waals surface area contributed by atoms with Crippen molar-refractivity contribution in [2.75, 3.05) is 11.4 Å². The molecule has 7 nitrogen and oxygen atoms in total. The highest BCUT2D eigenvalue weighted by Crippen LogP contribution is 2.27. The number of carboxylic acid groups (broad SMARTS) is 1. The zero-order valence-electron chi connectivity index (χ0n) is 16.8.